The van der Waals surface area contributed by atoms with Crippen LogP contribution in [0.15, 0.2) is 134 Å². The fourth-order valence-corrected chi connectivity index (χ4v) is 4.75. The molecule has 0 aromatic heterocycles. The third-order valence-corrected chi connectivity index (χ3v) is 7.95. The Morgan fingerprint density at radius 1 is 0.574 bits per heavy atom. The van der Waals surface area contributed by atoms with Crippen molar-refractivity contribution in [2.75, 3.05) is 47.5 Å². The Morgan fingerprint density at radius 2 is 1.02 bits per heavy atom. The van der Waals surface area contributed by atoms with Crippen molar-refractivity contribution in [1.82, 2.24) is 0 Å². The lowest BCUT2D eigenvalue weighted by atomic mass is 10.1. The summed E-state index contributed by atoms with van der Waals surface area (Å²) in [5.74, 6) is -0.958. The number of likely N-dealkylation sites (N-methyl/N-ethyl adjacent to an activating group) is 1. The van der Waals surface area contributed by atoms with Gasteiger partial charge in [-0.1, -0.05) is 154 Å². The number of phosphoric acid groups is 1. The zero-order valence-electron chi connectivity index (χ0n) is 33.4. The van der Waals surface area contributed by atoms with E-state index in [1.165, 1.54) is 0 Å². The molecule has 2 atom stereocenters. The third kappa shape index (κ3) is 37.9. The molecular weight excluding hydrogens is 701 g/mol. The summed E-state index contributed by atoms with van der Waals surface area (Å²) in [6, 6.07) is 0. The molecule has 0 aliphatic heterocycles. The van der Waals surface area contributed by atoms with Crippen LogP contribution in [0.25, 0.3) is 0 Å². The molecule has 10 heteroatoms. The van der Waals surface area contributed by atoms with Crippen molar-refractivity contribution in [3.05, 3.63) is 134 Å². The first-order valence-electron chi connectivity index (χ1n) is 19.1. The number of ether oxygens (including phenoxy) is 2. The van der Waals surface area contributed by atoms with E-state index in [0.717, 1.165) is 32.1 Å². The van der Waals surface area contributed by atoms with Crippen molar-refractivity contribution in [2.24, 2.45) is 0 Å². The minimum absolute atomic E-state index is 0.00103. The highest BCUT2D eigenvalue weighted by molar-refractivity contribution is 7.47. The molecule has 54 heavy (non-hydrogen) atoms. The maximum Gasteiger partial charge on any atom is 0.472 e. The number of unbranched alkanes of at least 4 members (excludes halogenated alkanes) is 4. The quantitative estimate of drug-likeness (QED) is 0.0244. The van der Waals surface area contributed by atoms with Crippen LogP contribution in [0.3, 0.4) is 0 Å². The van der Waals surface area contributed by atoms with Crippen LogP contribution >= 0.6 is 7.82 Å². The number of allylic oxidation sites excluding steroid dienone is 22. The second-order valence-corrected chi connectivity index (χ2v) is 14.6. The minimum atomic E-state index is -4.41. The first-order valence-corrected chi connectivity index (χ1v) is 20.6. The van der Waals surface area contributed by atoms with E-state index in [-0.39, 0.29) is 26.1 Å². The van der Waals surface area contributed by atoms with Crippen LogP contribution in [-0.4, -0.2) is 74.9 Å². The van der Waals surface area contributed by atoms with Crippen LogP contribution in [0.5, 0.6) is 0 Å². The lowest BCUT2D eigenvalue weighted by Gasteiger charge is -2.24. The van der Waals surface area contributed by atoms with Gasteiger partial charge in [0.15, 0.2) is 6.10 Å². The number of quaternary nitrogens is 1. The van der Waals surface area contributed by atoms with E-state index in [1.54, 1.807) is 0 Å². The Bertz CT molecular complexity index is 1370. The summed E-state index contributed by atoms with van der Waals surface area (Å²) in [5, 5.41) is 0. The van der Waals surface area contributed by atoms with Crippen LogP contribution in [0, 0.1) is 0 Å². The van der Waals surface area contributed by atoms with Crippen molar-refractivity contribution >= 4 is 19.8 Å². The van der Waals surface area contributed by atoms with Gasteiger partial charge in [-0.2, -0.15) is 0 Å². The van der Waals surface area contributed by atoms with Gasteiger partial charge in [-0.3, -0.25) is 18.6 Å². The van der Waals surface area contributed by atoms with Gasteiger partial charge in [0, 0.05) is 12.8 Å². The zero-order valence-corrected chi connectivity index (χ0v) is 34.3. The van der Waals surface area contributed by atoms with Gasteiger partial charge in [-0.25, -0.2) is 4.57 Å². The molecule has 0 bridgehead atoms. The van der Waals surface area contributed by atoms with Crippen molar-refractivity contribution < 1.29 is 42.1 Å². The average molecular weight is 769 g/mol. The molecule has 0 heterocycles. The number of carbonyl (C=O) groups excluding carboxylic acids is 2. The summed E-state index contributed by atoms with van der Waals surface area (Å²) in [6.45, 7) is 3.93. The Kier molecular flexibility index (Phi) is 32.4. The van der Waals surface area contributed by atoms with Gasteiger partial charge >= 0.3 is 19.8 Å². The molecule has 0 amide bonds. The second-order valence-electron chi connectivity index (χ2n) is 13.1. The summed E-state index contributed by atoms with van der Waals surface area (Å²) in [7, 11) is 1.37. The van der Waals surface area contributed by atoms with Gasteiger partial charge in [0.2, 0.25) is 0 Å². The van der Waals surface area contributed by atoms with E-state index in [1.807, 2.05) is 137 Å². The molecule has 0 saturated carbocycles. The summed E-state index contributed by atoms with van der Waals surface area (Å²) in [5.41, 5.74) is 0. The topological polar surface area (TPSA) is 108 Å². The Morgan fingerprint density at radius 3 is 1.50 bits per heavy atom. The maximum absolute atomic E-state index is 12.6. The van der Waals surface area contributed by atoms with Crippen LogP contribution in [0.4, 0.5) is 0 Å². The van der Waals surface area contributed by atoms with Crippen molar-refractivity contribution in [1.29, 1.82) is 0 Å². The van der Waals surface area contributed by atoms with E-state index in [0.29, 0.717) is 30.3 Å². The van der Waals surface area contributed by atoms with E-state index in [4.69, 9.17) is 18.5 Å². The van der Waals surface area contributed by atoms with Crippen LogP contribution in [-0.2, 0) is 32.7 Å². The molecule has 0 radical (unpaired) electrons. The number of hydrogen-bond donors (Lipinski definition) is 1. The summed E-state index contributed by atoms with van der Waals surface area (Å²) < 4.78 is 34.0. The van der Waals surface area contributed by atoms with Crippen molar-refractivity contribution in [2.45, 2.75) is 84.2 Å². The average Bonchev–Trinajstić information content (AvgIpc) is 3.12. The molecule has 0 rings (SSSR count). The van der Waals surface area contributed by atoms with Crippen molar-refractivity contribution in [3.63, 3.8) is 0 Å². The first-order chi connectivity index (χ1) is 26.0. The van der Waals surface area contributed by atoms with E-state index in [9.17, 15) is 19.0 Å². The summed E-state index contributed by atoms with van der Waals surface area (Å²) in [6.07, 6.45) is 49.5. The minimum Gasteiger partial charge on any atom is -0.462 e. The smallest absolute Gasteiger partial charge is 0.462 e. The first kappa shape index (κ1) is 50.1. The summed E-state index contributed by atoms with van der Waals surface area (Å²) >= 11 is 0. The maximum atomic E-state index is 12.6. The van der Waals surface area contributed by atoms with E-state index >= 15 is 0 Å². The molecule has 1 N–H and O–H groups in total. The molecule has 0 aliphatic rings. The fourth-order valence-electron chi connectivity index (χ4n) is 4.01. The SMILES string of the molecule is CC/C=C/C=C/C=C/C=C/C=C/C=C/CCCCCC(=O)OCC(COP(=O)(O)OCC[N+](C)(C)C)OC(=O)CCC/C=C/C=C/C=C/C=C/C=C/CC. The number of hydrogen-bond acceptors (Lipinski definition) is 7. The van der Waals surface area contributed by atoms with Gasteiger partial charge < -0.3 is 18.9 Å². The Hall–Kier alpha value is -3.85. The monoisotopic (exact) mass is 768 g/mol. The van der Waals surface area contributed by atoms with Crippen molar-refractivity contribution in [3.8, 4) is 0 Å². The number of rotatable bonds is 31. The normalized spacial score (nSPS) is 15.1. The summed E-state index contributed by atoms with van der Waals surface area (Å²) in [4.78, 5) is 35.2. The molecule has 300 valence electrons. The predicted molar refractivity (Wildman–Crippen MR) is 224 cm³/mol. The predicted octanol–water partition coefficient (Wildman–Crippen LogP) is 10.3. The fraction of sp³-hybridized carbons (Fsp3) is 0.455. The standard InChI is InChI=1S/C44H66NO8P/c1-6-8-10-12-14-16-18-20-21-22-23-25-26-28-30-32-34-36-43(46)50-40-42(41-52-54(48,49)51-39-38-45(3,4)5)53-44(47)37-35-33-31-29-27-24-19-17-15-13-11-9-7-2/h8-27,29,31,42H,6-7,28,30,32-41H2,1-5H3/p+1/b10-8+,11-9+,14-12+,15-13+,18-16+,19-17+,21-20+,23-22+,26-25+,27-24+,31-29+. The largest absolute Gasteiger partial charge is 0.472 e. The number of nitrogens with zero attached hydrogens (tertiary/aromatic N) is 1. The molecule has 9 nitrogen and oxygen atoms in total. The molecule has 0 aromatic carbocycles. The second kappa shape index (κ2) is 34.9. The van der Waals surface area contributed by atoms with E-state index in [2.05, 4.69) is 32.1 Å². The highest BCUT2D eigenvalue weighted by atomic mass is 31.2. The van der Waals surface area contributed by atoms with Gasteiger partial charge in [0.05, 0.1) is 27.7 Å². The lowest BCUT2D eigenvalue weighted by molar-refractivity contribution is -0.870. The number of phosphoric ester groups is 1. The van der Waals surface area contributed by atoms with Gasteiger partial charge in [-0.15, -0.1) is 0 Å². The molecule has 0 spiro atoms. The Labute approximate surface area is 326 Å². The molecule has 0 fully saturated rings. The van der Waals surface area contributed by atoms with Crippen LogP contribution in [0.1, 0.15) is 78.1 Å². The van der Waals surface area contributed by atoms with E-state index < -0.39 is 32.5 Å². The van der Waals surface area contributed by atoms with Crippen LogP contribution < -0.4 is 0 Å². The molecule has 0 aliphatic carbocycles. The molecule has 2 unspecified atom stereocenters. The van der Waals surface area contributed by atoms with Gasteiger partial charge in [0.1, 0.15) is 19.8 Å². The Balaban J connectivity index is 4.69. The van der Waals surface area contributed by atoms with Gasteiger partial charge in [-0.05, 0) is 44.9 Å². The lowest BCUT2D eigenvalue weighted by Crippen LogP contribution is -2.37. The number of carbonyl (C=O) groups is 2. The molecule has 0 saturated heterocycles. The van der Waals surface area contributed by atoms with Gasteiger partial charge in [0.25, 0.3) is 0 Å². The highest BCUT2D eigenvalue weighted by Gasteiger charge is 2.27. The molecular formula is C44H67NO8P+. The number of esters is 2. The third-order valence-electron chi connectivity index (χ3n) is 6.97. The van der Waals surface area contributed by atoms with Crippen LogP contribution in [0.2, 0.25) is 0 Å². The zero-order chi connectivity index (χ0) is 40.0. The molecule has 0 aromatic rings. The highest BCUT2D eigenvalue weighted by Crippen LogP contribution is 2.43.